The molecule has 0 rings (SSSR count). The fourth-order valence-electron chi connectivity index (χ4n) is 0. The minimum Gasteiger partial charge on any atom is -1.00 e. The summed E-state index contributed by atoms with van der Waals surface area (Å²) in [6.45, 7) is 0. The molecule has 0 amide bonds. The predicted molar refractivity (Wildman–Crippen MR) is 0 cm³/mol. The Kier molecular flexibility index (Phi) is 219. The molecule has 0 aromatic carbocycles. The summed E-state index contributed by atoms with van der Waals surface area (Å²) in [4.78, 5) is 0. The van der Waals surface area contributed by atoms with Gasteiger partial charge in [0, 0.05) is 0 Å². The van der Waals surface area contributed by atoms with Crippen LogP contribution in [0.1, 0.15) is 0 Å². The molecule has 0 atom stereocenters. The number of hydrogen-bond donors (Lipinski definition) is 0. The molecule has 0 heterocycles. The van der Waals surface area contributed by atoms with E-state index in [9.17, 15) is 0 Å². The summed E-state index contributed by atoms with van der Waals surface area (Å²) in [6.07, 6.45) is 0. The largest absolute Gasteiger partial charge is 1.00 e. The zero-order valence-electron chi connectivity index (χ0n) is 1.36. The Morgan fingerprint density at radius 1 is 0.750 bits per heavy atom. The molecule has 0 aliphatic rings. The van der Waals surface area contributed by atoms with Gasteiger partial charge >= 0.3 is 34.1 Å². The van der Waals surface area contributed by atoms with Crippen molar-refractivity contribution >= 4 is 0 Å². The second-order valence-electron chi connectivity index (χ2n) is 0. The third-order valence-corrected chi connectivity index (χ3v) is 0. The van der Waals surface area contributed by atoms with Crippen molar-refractivity contribution in [3.05, 3.63) is 0 Å². The maximum absolute atomic E-state index is 0. The Labute approximate surface area is 63.2 Å². The first-order valence-corrected chi connectivity index (χ1v) is 0. The van der Waals surface area contributed by atoms with Crippen LogP contribution in [0.5, 0.6) is 0 Å². The van der Waals surface area contributed by atoms with Gasteiger partial charge in [0.1, 0.15) is 0 Å². The van der Waals surface area contributed by atoms with E-state index in [2.05, 4.69) is 0 Å². The van der Waals surface area contributed by atoms with Crippen molar-refractivity contribution in [3.8, 4) is 0 Å². The van der Waals surface area contributed by atoms with Crippen LogP contribution in [0.15, 0.2) is 0 Å². The number of halogens is 2. The van der Waals surface area contributed by atoms with Crippen molar-refractivity contribution in [1.82, 2.24) is 0 Å². The molecule has 0 aromatic heterocycles. The van der Waals surface area contributed by atoms with Crippen LogP contribution in [0.2, 0.25) is 0 Å². The maximum Gasteiger partial charge on any atom is 1.00 e. The van der Waals surface area contributed by atoms with E-state index in [0.29, 0.717) is 0 Å². The Balaban J connectivity index is 0. The average molecular weight is 242 g/mol. The Bertz CT molecular complexity index is 6.00. The fourth-order valence-corrected chi connectivity index (χ4v) is 0. The first-order valence-electron chi connectivity index (χ1n) is 0. The summed E-state index contributed by atoms with van der Waals surface area (Å²) in [5.41, 5.74) is 0. The zero-order valence-corrected chi connectivity index (χ0v) is 5.58. The molecule has 0 saturated heterocycles. The van der Waals surface area contributed by atoms with E-state index in [1.165, 1.54) is 0 Å². The summed E-state index contributed by atoms with van der Waals surface area (Å²) < 4.78 is 0. The van der Waals surface area contributed by atoms with Crippen molar-refractivity contribution in [3.63, 3.8) is 0 Å². The van der Waals surface area contributed by atoms with Crippen molar-refractivity contribution in [1.29, 1.82) is 0 Å². The van der Waals surface area contributed by atoms with Crippen LogP contribution in [0.4, 0.5) is 0 Å². The van der Waals surface area contributed by atoms with E-state index in [4.69, 9.17) is 0 Å². The van der Waals surface area contributed by atoms with Crippen molar-refractivity contribution in [2.45, 2.75) is 0 Å². The maximum atomic E-state index is 0. The molecular formula is BrClCu2. The molecular weight excluding hydrogens is 242 g/mol. The van der Waals surface area contributed by atoms with Crippen molar-refractivity contribution in [2.75, 3.05) is 0 Å². The van der Waals surface area contributed by atoms with Crippen molar-refractivity contribution in [2.24, 2.45) is 0 Å². The van der Waals surface area contributed by atoms with E-state index in [1.54, 1.807) is 0 Å². The van der Waals surface area contributed by atoms with Gasteiger partial charge in [0.25, 0.3) is 0 Å². The number of rotatable bonds is 0. The van der Waals surface area contributed by atoms with Gasteiger partial charge in [-0.1, -0.05) is 0 Å². The van der Waals surface area contributed by atoms with Gasteiger partial charge < -0.3 is 29.4 Å². The minimum absolute atomic E-state index is 0. The van der Waals surface area contributed by atoms with Crippen LogP contribution in [0, 0.1) is 0 Å². The normalized spacial score (nSPS) is 0. The molecule has 0 aliphatic carbocycles. The van der Waals surface area contributed by atoms with Crippen LogP contribution in [0.3, 0.4) is 0 Å². The third kappa shape index (κ3) is 9.18. The second-order valence-corrected chi connectivity index (χ2v) is 0. The topological polar surface area (TPSA) is 0 Å². The van der Waals surface area contributed by atoms with Gasteiger partial charge in [0.2, 0.25) is 0 Å². The monoisotopic (exact) mass is 240 g/mol. The van der Waals surface area contributed by atoms with Crippen LogP contribution in [-0.2, 0) is 34.1 Å². The first kappa shape index (κ1) is 41.1. The summed E-state index contributed by atoms with van der Waals surface area (Å²) in [7, 11) is 0. The standard InChI is InChI=1S/BrH.ClH.2Cu/h2*1H;;/q;;2*+1/p-2. The van der Waals surface area contributed by atoms with Crippen LogP contribution in [-0.4, -0.2) is 0 Å². The van der Waals surface area contributed by atoms with Gasteiger partial charge in [-0.3, -0.25) is 0 Å². The van der Waals surface area contributed by atoms with E-state index >= 15 is 0 Å². The first-order chi connectivity index (χ1) is 0. The molecule has 0 fully saturated rings. The molecule has 0 aliphatic heterocycles. The molecule has 0 nitrogen and oxygen atoms in total. The van der Waals surface area contributed by atoms with Gasteiger partial charge in [-0.05, 0) is 0 Å². The molecule has 4 heavy (non-hydrogen) atoms. The molecule has 0 aromatic rings. The SMILES string of the molecule is [Br-].[Cl-].[Cu+].[Cu+]. The molecule has 0 N–H and O–H groups in total. The summed E-state index contributed by atoms with van der Waals surface area (Å²) in [6, 6.07) is 0. The molecule has 0 bridgehead atoms. The Hall–Kier alpha value is 1.81. The van der Waals surface area contributed by atoms with E-state index in [1.807, 2.05) is 0 Å². The van der Waals surface area contributed by atoms with Gasteiger partial charge in [-0.15, -0.1) is 0 Å². The fraction of sp³-hybridized carbons (Fsp3) is 0. The van der Waals surface area contributed by atoms with Crippen LogP contribution < -0.4 is 29.4 Å². The molecule has 4 heteroatoms. The van der Waals surface area contributed by atoms with Crippen LogP contribution in [0.25, 0.3) is 0 Å². The van der Waals surface area contributed by atoms with E-state index < -0.39 is 0 Å². The van der Waals surface area contributed by atoms with E-state index in [0.717, 1.165) is 0 Å². The molecule has 36 valence electrons. The molecule has 0 unspecified atom stereocenters. The second kappa shape index (κ2) is 21.3. The Morgan fingerprint density at radius 3 is 0.750 bits per heavy atom. The number of hydrogen-bond acceptors (Lipinski definition) is 0. The summed E-state index contributed by atoms with van der Waals surface area (Å²) in [5.74, 6) is 0. The average Bonchev–Trinajstić information content (AvgIpc) is 0. The van der Waals surface area contributed by atoms with Gasteiger partial charge in [0.15, 0.2) is 0 Å². The molecule has 0 radical (unpaired) electrons. The quantitative estimate of drug-likeness (QED) is 0.371. The van der Waals surface area contributed by atoms with Gasteiger partial charge in [0.05, 0.1) is 0 Å². The minimum atomic E-state index is 0. The van der Waals surface area contributed by atoms with Gasteiger partial charge in [-0.2, -0.15) is 0 Å². The smallest absolute Gasteiger partial charge is 1.00 e. The van der Waals surface area contributed by atoms with Gasteiger partial charge in [-0.25, -0.2) is 0 Å². The molecule has 0 saturated carbocycles. The summed E-state index contributed by atoms with van der Waals surface area (Å²) >= 11 is 0. The van der Waals surface area contributed by atoms with E-state index in [-0.39, 0.29) is 63.5 Å². The summed E-state index contributed by atoms with van der Waals surface area (Å²) in [5, 5.41) is 0. The predicted octanol–water partition coefficient (Wildman–Crippen LogP) is -6.00. The van der Waals surface area contributed by atoms with Crippen molar-refractivity contribution < 1.29 is 63.5 Å². The third-order valence-electron chi connectivity index (χ3n) is 0. The molecule has 0 spiro atoms. The zero-order chi connectivity index (χ0) is 0. The van der Waals surface area contributed by atoms with Crippen LogP contribution >= 0.6 is 0 Å². The Morgan fingerprint density at radius 2 is 0.750 bits per heavy atom.